The van der Waals surface area contributed by atoms with Crippen LogP contribution in [0.5, 0.6) is 0 Å². The van der Waals surface area contributed by atoms with Gasteiger partial charge in [-0.1, -0.05) is 0 Å². The topological polar surface area (TPSA) is 56.3 Å². The highest BCUT2D eigenvalue weighted by molar-refractivity contribution is 9.10. The van der Waals surface area contributed by atoms with Crippen LogP contribution in [0.25, 0.3) is 0 Å². The number of hydrogen-bond acceptors (Lipinski definition) is 3. The number of benzene rings is 1. The Hall–Kier alpha value is -1.47. The second kappa shape index (κ2) is 5.26. The van der Waals surface area contributed by atoms with Gasteiger partial charge in [-0.3, -0.25) is 10.1 Å². The van der Waals surface area contributed by atoms with E-state index in [0.717, 1.165) is 18.2 Å². The van der Waals surface area contributed by atoms with Crippen LogP contribution < -0.4 is 0 Å². The summed E-state index contributed by atoms with van der Waals surface area (Å²) in [6.45, 7) is 0. The molecule has 1 heterocycles. The van der Waals surface area contributed by atoms with Crippen molar-refractivity contribution in [3.05, 3.63) is 61.8 Å². The fraction of sp³-hybridized carbons (Fsp3) is 0.0909. The van der Waals surface area contributed by atoms with Crippen LogP contribution in [0.1, 0.15) is 16.7 Å². The number of furan rings is 1. The van der Waals surface area contributed by atoms with Gasteiger partial charge in [-0.15, -0.1) is 11.6 Å². The molecule has 19 heavy (non-hydrogen) atoms. The number of rotatable bonds is 3. The third kappa shape index (κ3) is 2.76. The summed E-state index contributed by atoms with van der Waals surface area (Å²) in [5, 5.41) is 9.31. The first-order valence-electron chi connectivity index (χ1n) is 4.92. The van der Waals surface area contributed by atoms with Crippen molar-refractivity contribution >= 4 is 33.4 Å². The first kappa shape index (κ1) is 14.0. The number of nitro groups is 1. The van der Waals surface area contributed by atoms with Crippen molar-refractivity contribution in [3.63, 3.8) is 0 Å². The van der Waals surface area contributed by atoms with Gasteiger partial charge in [-0.25, -0.2) is 8.78 Å². The SMILES string of the molecule is O=[N+]([O-])c1ccc(C(Cl)c2cc(F)c(Br)cc2F)o1. The molecule has 4 nitrogen and oxygen atoms in total. The van der Waals surface area contributed by atoms with E-state index in [1.807, 2.05) is 0 Å². The predicted octanol–water partition coefficient (Wildman–Crippen LogP) is 4.56. The molecule has 0 aliphatic rings. The molecule has 0 bridgehead atoms. The molecule has 0 saturated heterocycles. The molecular weight excluding hydrogens is 347 g/mol. The van der Waals surface area contributed by atoms with Crippen molar-refractivity contribution in [1.29, 1.82) is 0 Å². The summed E-state index contributed by atoms with van der Waals surface area (Å²) in [5.41, 5.74) is -0.161. The highest BCUT2D eigenvalue weighted by Crippen LogP contribution is 2.35. The molecule has 1 aromatic heterocycles. The van der Waals surface area contributed by atoms with Gasteiger partial charge in [-0.05, 0) is 34.1 Å². The summed E-state index contributed by atoms with van der Waals surface area (Å²) in [7, 11) is 0. The molecule has 2 aromatic rings. The third-order valence-corrected chi connectivity index (χ3v) is 3.41. The van der Waals surface area contributed by atoms with Gasteiger partial charge >= 0.3 is 5.88 Å². The lowest BCUT2D eigenvalue weighted by atomic mass is 10.1. The number of hydrogen-bond donors (Lipinski definition) is 0. The average Bonchev–Trinajstić information content (AvgIpc) is 2.82. The molecule has 8 heteroatoms. The van der Waals surface area contributed by atoms with Gasteiger partial charge in [-0.2, -0.15) is 0 Å². The average molecular weight is 353 g/mol. The summed E-state index contributed by atoms with van der Waals surface area (Å²) in [4.78, 5) is 9.72. The van der Waals surface area contributed by atoms with Crippen LogP contribution in [0.2, 0.25) is 0 Å². The van der Waals surface area contributed by atoms with Crippen LogP contribution >= 0.6 is 27.5 Å². The Morgan fingerprint density at radius 2 is 2.00 bits per heavy atom. The first-order valence-corrected chi connectivity index (χ1v) is 6.15. The monoisotopic (exact) mass is 351 g/mol. The molecule has 1 atom stereocenters. The lowest BCUT2D eigenvalue weighted by Crippen LogP contribution is -1.98. The summed E-state index contributed by atoms with van der Waals surface area (Å²) in [5.74, 6) is -1.98. The fourth-order valence-corrected chi connectivity index (χ4v) is 2.06. The van der Waals surface area contributed by atoms with Crippen LogP contribution in [0.3, 0.4) is 0 Å². The minimum absolute atomic E-state index is 0.0333. The molecule has 100 valence electrons. The molecule has 0 aliphatic heterocycles. The summed E-state index contributed by atoms with van der Waals surface area (Å²) in [6, 6.07) is 4.18. The molecule has 1 unspecified atom stereocenters. The summed E-state index contributed by atoms with van der Waals surface area (Å²) >= 11 is 8.78. The Balaban J connectivity index is 2.40. The fourth-order valence-electron chi connectivity index (χ4n) is 1.46. The normalized spacial score (nSPS) is 12.4. The Labute approximate surface area is 119 Å². The van der Waals surface area contributed by atoms with E-state index in [1.54, 1.807) is 0 Å². The van der Waals surface area contributed by atoms with Gasteiger partial charge in [0, 0.05) is 5.56 Å². The Morgan fingerprint density at radius 1 is 1.32 bits per heavy atom. The molecule has 0 spiro atoms. The van der Waals surface area contributed by atoms with Gasteiger partial charge in [0.15, 0.2) is 0 Å². The standard InChI is InChI=1S/C11H5BrClF2NO3/c12-6-4-7(14)5(3-8(6)15)11(13)9-1-2-10(19-9)16(17)18/h1-4,11H. The molecule has 1 aromatic carbocycles. The summed E-state index contributed by atoms with van der Waals surface area (Å²) < 4.78 is 31.8. The third-order valence-electron chi connectivity index (χ3n) is 2.35. The van der Waals surface area contributed by atoms with Crippen LogP contribution in [0.15, 0.2) is 33.2 Å². The predicted molar refractivity (Wildman–Crippen MR) is 67.1 cm³/mol. The second-order valence-corrected chi connectivity index (χ2v) is 4.87. The Kier molecular flexibility index (Phi) is 3.86. The summed E-state index contributed by atoms with van der Waals surface area (Å²) in [6.07, 6.45) is 0. The van der Waals surface area contributed by atoms with E-state index in [2.05, 4.69) is 15.9 Å². The van der Waals surface area contributed by atoms with E-state index in [1.165, 1.54) is 6.07 Å². The lowest BCUT2D eigenvalue weighted by molar-refractivity contribution is -0.402. The molecule has 0 saturated carbocycles. The van der Waals surface area contributed by atoms with E-state index in [-0.39, 0.29) is 15.8 Å². The number of halogens is 4. The first-order chi connectivity index (χ1) is 8.90. The molecule has 0 aliphatic carbocycles. The van der Waals surface area contributed by atoms with E-state index in [0.29, 0.717) is 0 Å². The van der Waals surface area contributed by atoms with Gasteiger partial charge < -0.3 is 4.42 Å². The quantitative estimate of drug-likeness (QED) is 0.352. The lowest BCUT2D eigenvalue weighted by Gasteiger charge is -2.08. The van der Waals surface area contributed by atoms with E-state index >= 15 is 0 Å². The van der Waals surface area contributed by atoms with Crippen LogP contribution in [-0.2, 0) is 0 Å². The van der Waals surface area contributed by atoms with Crippen LogP contribution in [0, 0.1) is 21.7 Å². The molecule has 2 rings (SSSR count). The zero-order valence-corrected chi connectivity index (χ0v) is 11.4. The zero-order valence-electron chi connectivity index (χ0n) is 9.07. The minimum atomic E-state index is -1.16. The van der Waals surface area contributed by atoms with Crippen molar-refractivity contribution < 1.29 is 18.1 Å². The van der Waals surface area contributed by atoms with Crippen LogP contribution in [0.4, 0.5) is 14.7 Å². The molecule has 0 amide bonds. The molecule has 0 N–H and O–H groups in total. The van der Waals surface area contributed by atoms with Gasteiger partial charge in [0.25, 0.3) is 0 Å². The maximum Gasteiger partial charge on any atom is 0.433 e. The van der Waals surface area contributed by atoms with Crippen molar-refractivity contribution in [2.24, 2.45) is 0 Å². The highest BCUT2D eigenvalue weighted by atomic mass is 79.9. The van der Waals surface area contributed by atoms with E-state index in [9.17, 15) is 18.9 Å². The Morgan fingerprint density at radius 3 is 2.58 bits per heavy atom. The van der Waals surface area contributed by atoms with Crippen molar-refractivity contribution in [3.8, 4) is 0 Å². The number of alkyl halides is 1. The van der Waals surface area contributed by atoms with Gasteiger partial charge in [0.2, 0.25) is 0 Å². The minimum Gasteiger partial charge on any atom is -0.404 e. The van der Waals surface area contributed by atoms with E-state index < -0.39 is 27.8 Å². The second-order valence-electron chi connectivity index (χ2n) is 3.58. The van der Waals surface area contributed by atoms with Gasteiger partial charge in [0.1, 0.15) is 27.7 Å². The molecule has 0 fully saturated rings. The van der Waals surface area contributed by atoms with Crippen LogP contribution in [-0.4, -0.2) is 4.92 Å². The van der Waals surface area contributed by atoms with Crippen molar-refractivity contribution in [2.45, 2.75) is 5.38 Å². The molecule has 0 radical (unpaired) electrons. The maximum absolute atomic E-state index is 13.7. The smallest absolute Gasteiger partial charge is 0.404 e. The number of nitrogens with zero attached hydrogens (tertiary/aromatic N) is 1. The zero-order chi connectivity index (χ0) is 14.2. The maximum atomic E-state index is 13.7. The highest BCUT2D eigenvalue weighted by Gasteiger charge is 2.23. The Bertz CT molecular complexity index is 647. The van der Waals surface area contributed by atoms with Crippen molar-refractivity contribution in [2.75, 3.05) is 0 Å². The largest absolute Gasteiger partial charge is 0.433 e. The van der Waals surface area contributed by atoms with Gasteiger partial charge in [0.05, 0.1) is 10.5 Å². The van der Waals surface area contributed by atoms with Crippen molar-refractivity contribution in [1.82, 2.24) is 0 Å². The van der Waals surface area contributed by atoms with E-state index in [4.69, 9.17) is 16.0 Å². The molecular formula is C11H5BrClF2NO3.